The van der Waals surface area contributed by atoms with Crippen LogP contribution in [-0.4, -0.2) is 30.6 Å². The van der Waals surface area contributed by atoms with Crippen molar-refractivity contribution in [2.24, 2.45) is 5.92 Å². The molecule has 2 atom stereocenters. The van der Waals surface area contributed by atoms with Gasteiger partial charge in [-0.2, -0.15) is 0 Å². The van der Waals surface area contributed by atoms with Crippen molar-refractivity contribution < 1.29 is 18.8 Å². The van der Waals surface area contributed by atoms with Crippen molar-refractivity contribution in [1.82, 2.24) is 10.8 Å². The van der Waals surface area contributed by atoms with Crippen molar-refractivity contribution in [1.29, 1.82) is 0 Å². The van der Waals surface area contributed by atoms with E-state index in [1.54, 1.807) is 0 Å². The van der Waals surface area contributed by atoms with Gasteiger partial charge in [0.05, 0.1) is 6.04 Å². The van der Waals surface area contributed by atoms with Gasteiger partial charge in [-0.15, -0.1) is 0 Å². The van der Waals surface area contributed by atoms with Gasteiger partial charge in [0.1, 0.15) is 0 Å². The quantitative estimate of drug-likeness (QED) is 0.423. The summed E-state index contributed by atoms with van der Waals surface area (Å²) in [7, 11) is 1.37. The van der Waals surface area contributed by atoms with Crippen LogP contribution in [-0.2, 0) is 4.79 Å². The Bertz CT molecular complexity index is 154. The summed E-state index contributed by atoms with van der Waals surface area (Å²) >= 11 is 0. The Hall–Kier alpha value is -0.750. The van der Waals surface area contributed by atoms with Crippen LogP contribution in [0.15, 0.2) is 0 Å². The minimum atomic E-state index is -2.60. The standard InChI is InChI=1S/C6H12F2N2O2/c1-3(5(7)8)4(9-2)6(11)10-12/h3-5,9,12H,1-2H3,(H,10,11). The number of nitrogens with one attached hydrogen (secondary N) is 2. The van der Waals surface area contributed by atoms with E-state index >= 15 is 0 Å². The van der Waals surface area contributed by atoms with Crippen molar-refractivity contribution in [3.8, 4) is 0 Å². The van der Waals surface area contributed by atoms with Crippen molar-refractivity contribution in [3.05, 3.63) is 0 Å². The maximum atomic E-state index is 12.1. The molecule has 72 valence electrons. The zero-order chi connectivity index (χ0) is 9.72. The Morgan fingerprint density at radius 1 is 1.50 bits per heavy atom. The van der Waals surface area contributed by atoms with Crippen LogP contribution in [0.25, 0.3) is 0 Å². The first-order chi connectivity index (χ1) is 5.54. The second-order valence-corrected chi connectivity index (χ2v) is 2.44. The zero-order valence-electron chi connectivity index (χ0n) is 6.84. The Balaban J connectivity index is 4.23. The van der Waals surface area contributed by atoms with E-state index in [1.807, 2.05) is 0 Å². The number of likely N-dealkylation sites (N-methyl/N-ethyl adjacent to an activating group) is 1. The summed E-state index contributed by atoms with van der Waals surface area (Å²) in [6.07, 6.45) is -2.60. The molecule has 0 saturated carbocycles. The highest BCUT2D eigenvalue weighted by Gasteiger charge is 2.29. The number of halogens is 2. The van der Waals surface area contributed by atoms with Crippen LogP contribution in [0.2, 0.25) is 0 Å². The monoisotopic (exact) mass is 182 g/mol. The zero-order valence-corrected chi connectivity index (χ0v) is 6.84. The van der Waals surface area contributed by atoms with E-state index in [2.05, 4.69) is 5.32 Å². The molecule has 0 bridgehead atoms. The van der Waals surface area contributed by atoms with Gasteiger partial charge in [0.15, 0.2) is 0 Å². The van der Waals surface area contributed by atoms with Crippen molar-refractivity contribution >= 4 is 5.91 Å². The summed E-state index contributed by atoms with van der Waals surface area (Å²) in [6, 6.07) is -1.07. The highest BCUT2D eigenvalue weighted by Crippen LogP contribution is 2.13. The van der Waals surface area contributed by atoms with E-state index in [0.29, 0.717) is 0 Å². The van der Waals surface area contributed by atoms with Crippen LogP contribution in [0.4, 0.5) is 8.78 Å². The van der Waals surface area contributed by atoms with E-state index < -0.39 is 24.3 Å². The van der Waals surface area contributed by atoms with Crippen LogP contribution in [0.3, 0.4) is 0 Å². The minimum Gasteiger partial charge on any atom is -0.308 e. The number of hydrogen-bond acceptors (Lipinski definition) is 3. The van der Waals surface area contributed by atoms with Gasteiger partial charge >= 0.3 is 0 Å². The molecule has 0 heterocycles. The molecular weight excluding hydrogens is 170 g/mol. The number of alkyl halides is 2. The van der Waals surface area contributed by atoms with Gasteiger partial charge in [-0.25, -0.2) is 14.3 Å². The van der Waals surface area contributed by atoms with E-state index in [-0.39, 0.29) is 0 Å². The van der Waals surface area contributed by atoms with Crippen LogP contribution >= 0.6 is 0 Å². The first-order valence-corrected chi connectivity index (χ1v) is 3.44. The van der Waals surface area contributed by atoms with E-state index in [0.717, 1.165) is 0 Å². The Kier molecular flexibility index (Phi) is 4.68. The Morgan fingerprint density at radius 2 is 2.00 bits per heavy atom. The Labute approximate surface area is 68.9 Å². The normalized spacial score (nSPS) is 15.8. The molecule has 0 rings (SSSR count). The maximum absolute atomic E-state index is 12.1. The summed E-state index contributed by atoms with van der Waals surface area (Å²) in [6.45, 7) is 1.22. The molecule has 12 heavy (non-hydrogen) atoms. The number of carbonyl (C=O) groups excluding carboxylic acids is 1. The summed E-state index contributed by atoms with van der Waals surface area (Å²) in [5.74, 6) is -1.99. The fourth-order valence-corrected chi connectivity index (χ4v) is 0.848. The molecule has 4 nitrogen and oxygen atoms in total. The first kappa shape index (κ1) is 11.2. The predicted octanol–water partition coefficient (Wildman–Crippen LogP) is -0.0190. The van der Waals surface area contributed by atoms with Gasteiger partial charge < -0.3 is 5.32 Å². The summed E-state index contributed by atoms with van der Waals surface area (Å²) < 4.78 is 24.1. The van der Waals surface area contributed by atoms with E-state index in [4.69, 9.17) is 5.21 Å². The molecule has 0 aromatic carbocycles. The number of hydroxylamine groups is 1. The molecule has 2 unspecified atom stereocenters. The molecule has 0 aliphatic heterocycles. The summed E-state index contributed by atoms with van der Waals surface area (Å²) in [4.78, 5) is 10.7. The number of hydrogen-bond donors (Lipinski definition) is 3. The number of amides is 1. The SMILES string of the molecule is CNC(C(=O)NO)C(C)C(F)F. The average Bonchev–Trinajstić information content (AvgIpc) is 2.05. The van der Waals surface area contributed by atoms with E-state index in [9.17, 15) is 13.6 Å². The molecule has 1 amide bonds. The fraction of sp³-hybridized carbons (Fsp3) is 0.833. The van der Waals surface area contributed by atoms with Gasteiger partial charge in [-0.1, -0.05) is 6.92 Å². The topological polar surface area (TPSA) is 61.4 Å². The van der Waals surface area contributed by atoms with Gasteiger partial charge in [-0.3, -0.25) is 10.0 Å². The number of rotatable bonds is 4. The molecule has 0 spiro atoms. The minimum absolute atomic E-state index is 0.856. The highest BCUT2D eigenvalue weighted by atomic mass is 19.3. The van der Waals surface area contributed by atoms with Crippen LogP contribution in [0, 0.1) is 5.92 Å². The second-order valence-electron chi connectivity index (χ2n) is 2.44. The van der Waals surface area contributed by atoms with Crippen LogP contribution in [0.1, 0.15) is 6.92 Å². The van der Waals surface area contributed by atoms with Gasteiger partial charge in [-0.05, 0) is 7.05 Å². The van der Waals surface area contributed by atoms with Gasteiger partial charge in [0.2, 0.25) is 6.43 Å². The lowest BCUT2D eigenvalue weighted by Crippen LogP contribution is -2.47. The maximum Gasteiger partial charge on any atom is 0.260 e. The first-order valence-electron chi connectivity index (χ1n) is 3.44. The third-order valence-electron chi connectivity index (χ3n) is 1.63. The highest BCUT2D eigenvalue weighted by molar-refractivity contribution is 5.80. The molecule has 0 aromatic rings. The molecule has 0 fully saturated rings. The molecule has 0 aromatic heterocycles. The smallest absolute Gasteiger partial charge is 0.260 e. The lowest BCUT2D eigenvalue weighted by molar-refractivity contribution is -0.134. The average molecular weight is 182 g/mol. The molecule has 0 aliphatic rings. The molecule has 3 N–H and O–H groups in total. The lowest BCUT2D eigenvalue weighted by Gasteiger charge is -2.20. The second kappa shape index (κ2) is 5.00. The molecule has 0 saturated heterocycles. The molecular formula is C6H12F2N2O2. The molecule has 6 heteroatoms. The van der Waals surface area contributed by atoms with E-state index in [1.165, 1.54) is 19.5 Å². The molecule has 0 radical (unpaired) electrons. The van der Waals surface area contributed by atoms with Crippen molar-refractivity contribution in [2.45, 2.75) is 19.4 Å². The van der Waals surface area contributed by atoms with Gasteiger partial charge in [0.25, 0.3) is 5.91 Å². The fourth-order valence-electron chi connectivity index (χ4n) is 0.848. The third-order valence-corrected chi connectivity index (χ3v) is 1.63. The number of carbonyl (C=O) groups is 1. The van der Waals surface area contributed by atoms with Crippen LogP contribution < -0.4 is 10.8 Å². The van der Waals surface area contributed by atoms with Crippen molar-refractivity contribution in [3.63, 3.8) is 0 Å². The molecule has 0 aliphatic carbocycles. The van der Waals surface area contributed by atoms with Crippen molar-refractivity contribution in [2.75, 3.05) is 7.05 Å². The largest absolute Gasteiger partial charge is 0.308 e. The van der Waals surface area contributed by atoms with Gasteiger partial charge in [0, 0.05) is 5.92 Å². The van der Waals surface area contributed by atoms with Crippen LogP contribution in [0.5, 0.6) is 0 Å². The lowest BCUT2D eigenvalue weighted by atomic mass is 10.0. The third kappa shape index (κ3) is 2.71. The summed E-state index contributed by atoms with van der Waals surface area (Å²) in [5.41, 5.74) is 1.32. The predicted molar refractivity (Wildman–Crippen MR) is 37.9 cm³/mol. The Morgan fingerprint density at radius 3 is 2.25 bits per heavy atom. The summed E-state index contributed by atoms with van der Waals surface area (Å²) in [5, 5.41) is 10.6.